The molecule has 2 aliphatic rings. The van der Waals surface area contributed by atoms with Crippen molar-refractivity contribution in [1.29, 1.82) is 0 Å². The summed E-state index contributed by atoms with van der Waals surface area (Å²) in [5.74, 6) is -0.847. The Labute approximate surface area is 101 Å². The Morgan fingerprint density at radius 1 is 1.41 bits per heavy atom. The van der Waals surface area contributed by atoms with Crippen molar-refractivity contribution in [3.63, 3.8) is 0 Å². The van der Waals surface area contributed by atoms with E-state index in [1.807, 2.05) is 0 Å². The van der Waals surface area contributed by atoms with Crippen LogP contribution in [0.25, 0.3) is 0 Å². The first-order chi connectivity index (χ1) is 8.09. The molecule has 0 amide bonds. The molecule has 2 aliphatic heterocycles. The standard InChI is InChI=1S/C12H21NO4/c1-13-9-3-4-10(13)8-12(7-9,11(15)16)17-6-2-5-14/h9-10,14H,2-8H2,1H3,(H,15,16). The maximum atomic E-state index is 11.5. The minimum absolute atomic E-state index is 0.0441. The molecule has 0 spiro atoms. The van der Waals surface area contributed by atoms with E-state index in [-0.39, 0.29) is 6.61 Å². The third-order valence-corrected chi connectivity index (χ3v) is 4.19. The second-order valence-electron chi connectivity index (χ2n) is 5.18. The largest absolute Gasteiger partial charge is 0.479 e. The molecule has 2 rings (SSSR count). The Bertz CT molecular complexity index is 280. The molecule has 2 bridgehead atoms. The van der Waals surface area contributed by atoms with E-state index in [1.165, 1.54) is 0 Å². The molecule has 0 aromatic rings. The maximum Gasteiger partial charge on any atom is 0.336 e. The highest BCUT2D eigenvalue weighted by molar-refractivity contribution is 5.78. The zero-order chi connectivity index (χ0) is 12.5. The number of carboxylic acids is 1. The van der Waals surface area contributed by atoms with Gasteiger partial charge in [0.2, 0.25) is 0 Å². The quantitative estimate of drug-likeness (QED) is 0.687. The van der Waals surface area contributed by atoms with Crippen molar-refractivity contribution in [2.24, 2.45) is 0 Å². The van der Waals surface area contributed by atoms with Crippen LogP contribution in [0.2, 0.25) is 0 Å². The minimum atomic E-state index is -1.02. The molecule has 98 valence electrons. The summed E-state index contributed by atoms with van der Waals surface area (Å²) >= 11 is 0. The Hall–Kier alpha value is -0.650. The summed E-state index contributed by atoms with van der Waals surface area (Å²) in [5.41, 5.74) is -1.02. The van der Waals surface area contributed by atoms with Crippen LogP contribution in [-0.2, 0) is 9.53 Å². The first-order valence-electron chi connectivity index (χ1n) is 6.29. The zero-order valence-corrected chi connectivity index (χ0v) is 10.3. The normalized spacial score (nSPS) is 37.3. The van der Waals surface area contributed by atoms with Crippen molar-refractivity contribution in [2.75, 3.05) is 20.3 Å². The van der Waals surface area contributed by atoms with Gasteiger partial charge in [-0.1, -0.05) is 0 Å². The van der Waals surface area contributed by atoms with Crippen LogP contribution in [0, 0.1) is 0 Å². The van der Waals surface area contributed by atoms with Crippen molar-refractivity contribution in [3.8, 4) is 0 Å². The predicted octanol–water partition coefficient (Wildman–Crippen LogP) is 0.465. The van der Waals surface area contributed by atoms with E-state index >= 15 is 0 Å². The van der Waals surface area contributed by atoms with Gasteiger partial charge >= 0.3 is 5.97 Å². The third-order valence-electron chi connectivity index (χ3n) is 4.19. The summed E-state index contributed by atoms with van der Waals surface area (Å²) in [6, 6.07) is 0.665. The van der Waals surface area contributed by atoms with Crippen LogP contribution in [0.3, 0.4) is 0 Å². The molecule has 2 N–H and O–H groups in total. The van der Waals surface area contributed by atoms with Gasteiger partial charge in [0.25, 0.3) is 0 Å². The van der Waals surface area contributed by atoms with Gasteiger partial charge in [0.1, 0.15) is 0 Å². The molecule has 17 heavy (non-hydrogen) atoms. The summed E-state index contributed by atoms with van der Waals surface area (Å²) < 4.78 is 5.62. The lowest BCUT2D eigenvalue weighted by Crippen LogP contribution is -2.55. The van der Waals surface area contributed by atoms with Crippen LogP contribution in [-0.4, -0.2) is 59.0 Å². The van der Waals surface area contributed by atoms with Gasteiger partial charge in [-0.25, -0.2) is 4.79 Å². The number of aliphatic carboxylic acids is 1. The van der Waals surface area contributed by atoms with E-state index in [0.29, 0.717) is 38.0 Å². The van der Waals surface area contributed by atoms with Crippen molar-refractivity contribution >= 4 is 5.97 Å². The highest BCUT2D eigenvalue weighted by atomic mass is 16.5. The van der Waals surface area contributed by atoms with Crippen LogP contribution in [0.4, 0.5) is 0 Å². The number of fused-ring (bicyclic) bond motifs is 2. The fourth-order valence-electron chi connectivity index (χ4n) is 3.11. The smallest absolute Gasteiger partial charge is 0.336 e. The van der Waals surface area contributed by atoms with Crippen LogP contribution < -0.4 is 0 Å². The maximum absolute atomic E-state index is 11.5. The Morgan fingerprint density at radius 3 is 2.47 bits per heavy atom. The number of rotatable bonds is 5. The van der Waals surface area contributed by atoms with Crippen molar-refractivity contribution in [3.05, 3.63) is 0 Å². The van der Waals surface area contributed by atoms with E-state index < -0.39 is 11.6 Å². The van der Waals surface area contributed by atoms with Gasteiger partial charge < -0.3 is 19.8 Å². The molecular formula is C12H21NO4. The predicted molar refractivity (Wildman–Crippen MR) is 61.8 cm³/mol. The first kappa shape index (κ1) is 12.8. The fraction of sp³-hybridized carbons (Fsp3) is 0.917. The van der Waals surface area contributed by atoms with Gasteiger partial charge in [-0.3, -0.25) is 0 Å². The average Bonchev–Trinajstić information content (AvgIpc) is 2.53. The summed E-state index contributed by atoms with van der Waals surface area (Å²) in [4.78, 5) is 13.8. The number of nitrogens with zero attached hydrogens (tertiary/aromatic N) is 1. The second kappa shape index (κ2) is 4.92. The summed E-state index contributed by atoms with van der Waals surface area (Å²) in [7, 11) is 2.07. The topological polar surface area (TPSA) is 70.0 Å². The lowest BCUT2D eigenvalue weighted by Gasteiger charge is -2.42. The molecule has 0 saturated carbocycles. The van der Waals surface area contributed by atoms with E-state index in [4.69, 9.17) is 9.84 Å². The van der Waals surface area contributed by atoms with E-state index in [0.717, 1.165) is 12.8 Å². The van der Waals surface area contributed by atoms with E-state index in [1.54, 1.807) is 0 Å². The number of aliphatic hydroxyl groups is 1. The number of piperidine rings is 1. The summed E-state index contributed by atoms with van der Waals surface area (Å²) in [6.45, 7) is 0.369. The number of ether oxygens (including phenoxy) is 1. The molecule has 5 nitrogen and oxygen atoms in total. The number of aliphatic hydroxyl groups excluding tert-OH is 1. The lowest BCUT2D eigenvalue weighted by atomic mass is 9.86. The lowest BCUT2D eigenvalue weighted by molar-refractivity contribution is -0.177. The molecule has 0 radical (unpaired) electrons. The monoisotopic (exact) mass is 243 g/mol. The molecular weight excluding hydrogens is 222 g/mol. The molecule has 5 heteroatoms. The molecule has 0 aliphatic carbocycles. The Balaban J connectivity index is 2.06. The molecule has 2 fully saturated rings. The number of carboxylic acid groups (broad SMARTS) is 1. The molecule has 2 unspecified atom stereocenters. The van der Waals surface area contributed by atoms with Gasteiger partial charge in [-0.05, 0) is 26.3 Å². The second-order valence-corrected chi connectivity index (χ2v) is 5.18. The number of hydrogen-bond acceptors (Lipinski definition) is 4. The first-order valence-corrected chi connectivity index (χ1v) is 6.29. The van der Waals surface area contributed by atoms with E-state index in [2.05, 4.69) is 11.9 Å². The van der Waals surface area contributed by atoms with Gasteiger partial charge in [0.05, 0.1) is 6.61 Å². The minimum Gasteiger partial charge on any atom is -0.479 e. The zero-order valence-electron chi connectivity index (χ0n) is 10.3. The highest BCUT2D eigenvalue weighted by Gasteiger charge is 2.52. The highest BCUT2D eigenvalue weighted by Crippen LogP contribution is 2.41. The SMILES string of the molecule is CN1C2CCC1CC(OCCCO)(C(=O)O)C2. The molecule has 0 aromatic heterocycles. The van der Waals surface area contributed by atoms with Crippen molar-refractivity contribution in [2.45, 2.75) is 49.8 Å². The molecule has 2 heterocycles. The van der Waals surface area contributed by atoms with Gasteiger partial charge in [0.15, 0.2) is 5.60 Å². The van der Waals surface area contributed by atoms with Crippen LogP contribution in [0.5, 0.6) is 0 Å². The summed E-state index contributed by atoms with van der Waals surface area (Å²) in [5, 5.41) is 18.2. The molecule has 2 atom stereocenters. The summed E-state index contributed by atoms with van der Waals surface area (Å²) in [6.07, 6.45) is 3.78. The van der Waals surface area contributed by atoms with Gasteiger partial charge in [0, 0.05) is 31.5 Å². The number of carbonyl (C=O) groups is 1. The average molecular weight is 243 g/mol. The van der Waals surface area contributed by atoms with Gasteiger partial charge in [-0.2, -0.15) is 0 Å². The van der Waals surface area contributed by atoms with Crippen molar-refractivity contribution < 1.29 is 19.7 Å². The Kier molecular flexibility index (Phi) is 3.70. The van der Waals surface area contributed by atoms with Crippen LogP contribution >= 0.6 is 0 Å². The molecule has 0 aromatic carbocycles. The van der Waals surface area contributed by atoms with E-state index in [9.17, 15) is 9.90 Å². The van der Waals surface area contributed by atoms with Crippen LogP contribution in [0.1, 0.15) is 32.1 Å². The molecule has 2 saturated heterocycles. The third kappa shape index (κ3) is 2.32. The van der Waals surface area contributed by atoms with Crippen molar-refractivity contribution in [1.82, 2.24) is 4.90 Å². The van der Waals surface area contributed by atoms with Gasteiger partial charge in [-0.15, -0.1) is 0 Å². The fourth-order valence-corrected chi connectivity index (χ4v) is 3.11. The Morgan fingerprint density at radius 2 is 2.00 bits per heavy atom. The number of hydrogen-bond donors (Lipinski definition) is 2. The van der Waals surface area contributed by atoms with Crippen LogP contribution in [0.15, 0.2) is 0 Å².